The Morgan fingerprint density at radius 3 is 2.55 bits per heavy atom. The Kier molecular flexibility index (Phi) is 6.56. The molecule has 1 aromatic carbocycles. The molecule has 0 spiro atoms. The monoisotopic (exact) mass is 452 g/mol. The summed E-state index contributed by atoms with van der Waals surface area (Å²) in [5.74, 6) is -0.438. The topological polar surface area (TPSA) is 125 Å². The number of amides is 4. The number of hydrazine groups is 1. The molecule has 3 rings (SSSR count). The number of methoxy groups -OCH3 is 1. The lowest BCUT2D eigenvalue weighted by atomic mass is 9.92. The summed E-state index contributed by atoms with van der Waals surface area (Å²) in [5, 5.41) is 3.31. The average Bonchev–Trinajstić information content (AvgIpc) is 3.19. The first-order valence-electron chi connectivity index (χ1n) is 10.1. The van der Waals surface area contributed by atoms with Crippen LogP contribution in [0.4, 0.5) is 4.79 Å². The smallest absolute Gasteiger partial charge is 0.344 e. The molecule has 2 unspecified atom stereocenters. The number of sulfone groups is 1. The van der Waals surface area contributed by atoms with Crippen molar-refractivity contribution >= 4 is 27.7 Å². The van der Waals surface area contributed by atoms with E-state index in [0.717, 1.165) is 6.42 Å². The molecule has 31 heavy (non-hydrogen) atoms. The number of hydrogen-bond donors (Lipinski definition) is 2. The van der Waals surface area contributed by atoms with Crippen LogP contribution in [0.25, 0.3) is 0 Å². The predicted octanol–water partition coefficient (Wildman–Crippen LogP) is 0.393. The van der Waals surface area contributed by atoms with Crippen molar-refractivity contribution in [3.8, 4) is 5.75 Å². The number of urea groups is 1. The molecule has 1 aromatic rings. The molecule has 4 amide bonds. The van der Waals surface area contributed by atoms with Crippen molar-refractivity contribution in [3.63, 3.8) is 0 Å². The van der Waals surface area contributed by atoms with Crippen LogP contribution in [0.1, 0.15) is 32.3 Å². The minimum absolute atomic E-state index is 0.0128. The number of hydrogen-bond acceptors (Lipinski definition) is 7. The third kappa shape index (κ3) is 4.82. The Bertz CT molecular complexity index is 964. The molecule has 0 aromatic heterocycles. The molecule has 2 N–H and O–H groups in total. The SMILES string of the molecule is CCCN(CC(=O)NN1C(=O)NC(C)(c2ccc(OC)cc2)C1=O)C1CCS(=O)(=O)C1. The van der Waals surface area contributed by atoms with Gasteiger partial charge in [0.25, 0.3) is 11.8 Å². The van der Waals surface area contributed by atoms with Crippen LogP contribution in [0.15, 0.2) is 24.3 Å². The highest BCUT2D eigenvalue weighted by Crippen LogP contribution is 2.29. The summed E-state index contributed by atoms with van der Waals surface area (Å²) in [6.07, 6.45) is 1.21. The minimum atomic E-state index is -3.10. The quantitative estimate of drug-likeness (QED) is 0.547. The van der Waals surface area contributed by atoms with Crippen LogP contribution < -0.4 is 15.5 Å². The molecular formula is C20H28N4O6S. The number of carbonyl (C=O) groups excluding carboxylic acids is 3. The van der Waals surface area contributed by atoms with Gasteiger partial charge in [0.05, 0.1) is 25.2 Å². The summed E-state index contributed by atoms with van der Waals surface area (Å²) in [6, 6.07) is 5.72. The van der Waals surface area contributed by atoms with Gasteiger partial charge in [-0.1, -0.05) is 19.1 Å². The number of nitrogens with zero attached hydrogens (tertiary/aromatic N) is 2. The van der Waals surface area contributed by atoms with Gasteiger partial charge in [0.2, 0.25) is 0 Å². The standard InChI is InChI=1S/C20H28N4O6S/c1-4-10-23(15-9-11-31(28,29)13-15)12-17(25)22-24-18(26)20(2,21-19(24)27)14-5-7-16(30-3)8-6-14/h5-8,15H,4,9-13H2,1-3H3,(H,21,27)(H,22,25). The number of rotatable bonds is 8. The van der Waals surface area contributed by atoms with E-state index in [1.807, 2.05) is 6.92 Å². The highest BCUT2D eigenvalue weighted by molar-refractivity contribution is 7.91. The molecule has 0 bridgehead atoms. The van der Waals surface area contributed by atoms with Crippen molar-refractivity contribution in [2.45, 2.75) is 38.3 Å². The molecule has 2 aliphatic rings. The Labute approximate surface area is 181 Å². The van der Waals surface area contributed by atoms with E-state index in [2.05, 4.69) is 10.7 Å². The van der Waals surface area contributed by atoms with Gasteiger partial charge in [-0.2, -0.15) is 5.01 Å². The number of benzene rings is 1. The maximum atomic E-state index is 13.0. The van der Waals surface area contributed by atoms with E-state index >= 15 is 0 Å². The molecule has 0 aliphatic carbocycles. The van der Waals surface area contributed by atoms with Gasteiger partial charge in [-0.15, -0.1) is 0 Å². The van der Waals surface area contributed by atoms with Gasteiger partial charge in [0.15, 0.2) is 9.84 Å². The van der Waals surface area contributed by atoms with Crippen molar-refractivity contribution in [3.05, 3.63) is 29.8 Å². The maximum absolute atomic E-state index is 13.0. The van der Waals surface area contributed by atoms with Crippen molar-refractivity contribution in [2.75, 3.05) is 31.7 Å². The molecule has 2 aliphatic heterocycles. The summed E-state index contributed by atoms with van der Waals surface area (Å²) >= 11 is 0. The summed E-state index contributed by atoms with van der Waals surface area (Å²) in [5.41, 5.74) is 1.59. The minimum Gasteiger partial charge on any atom is -0.497 e. The molecule has 2 saturated heterocycles. The van der Waals surface area contributed by atoms with Crippen LogP contribution in [0.3, 0.4) is 0 Å². The van der Waals surface area contributed by atoms with Crippen LogP contribution in [0.2, 0.25) is 0 Å². The second kappa shape index (κ2) is 8.83. The van der Waals surface area contributed by atoms with Crippen molar-refractivity contribution in [2.24, 2.45) is 0 Å². The fourth-order valence-corrected chi connectivity index (χ4v) is 5.71. The second-order valence-corrected chi connectivity index (χ2v) is 10.2. The van der Waals surface area contributed by atoms with Crippen LogP contribution in [0, 0.1) is 0 Å². The predicted molar refractivity (Wildman–Crippen MR) is 113 cm³/mol. The molecule has 2 atom stereocenters. The first kappa shape index (κ1) is 23.0. The molecule has 170 valence electrons. The lowest BCUT2D eigenvalue weighted by Crippen LogP contribution is -2.52. The van der Waals surface area contributed by atoms with Crippen LogP contribution in [-0.4, -0.2) is 73.9 Å². The zero-order valence-corrected chi connectivity index (χ0v) is 18.7. The van der Waals surface area contributed by atoms with Gasteiger partial charge in [-0.05, 0) is 44.0 Å². The van der Waals surface area contributed by atoms with E-state index in [1.54, 1.807) is 36.1 Å². The average molecular weight is 453 g/mol. The number of carbonyl (C=O) groups is 3. The van der Waals surface area contributed by atoms with E-state index in [0.29, 0.717) is 29.3 Å². The number of imide groups is 1. The van der Waals surface area contributed by atoms with Gasteiger partial charge in [-0.3, -0.25) is 19.9 Å². The van der Waals surface area contributed by atoms with E-state index in [9.17, 15) is 22.8 Å². The maximum Gasteiger partial charge on any atom is 0.344 e. The third-order valence-corrected chi connectivity index (χ3v) is 7.43. The van der Waals surface area contributed by atoms with Crippen molar-refractivity contribution in [1.29, 1.82) is 0 Å². The summed E-state index contributed by atoms with van der Waals surface area (Å²) < 4.78 is 28.7. The van der Waals surface area contributed by atoms with E-state index in [1.165, 1.54) is 7.11 Å². The van der Waals surface area contributed by atoms with Crippen LogP contribution in [-0.2, 0) is 25.0 Å². The molecular weight excluding hydrogens is 424 g/mol. The number of nitrogens with one attached hydrogen (secondary N) is 2. The van der Waals surface area contributed by atoms with E-state index in [4.69, 9.17) is 4.74 Å². The van der Waals surface area contributed by atoms with Gasteiger partial charge in [-0.25, -0.2) is 13.2 Å². The Hall–Kier alpha value is -2.66. The first-order valence-corrected chi connectivity index (χ1v) is 12.0. The van der Waals surface area contributed by atoms with Crippen molar-refractivity contribution in [1.82, 2.24) is 20.7 Å². The van der Waals surface area contributed by atoms with Gasteiger partial charge >= 0.3 is 6.03 Å². The summed E-state index contributed by atoms with van der Waals surface area (Å²) in [7, 11) is -1.57. The Morgan fingerprint density at radius 1 is 1.32 bits per heavy atom. The van der Waals surface area contributed by atoms with E-state index in [-0.39, 0.29) is 24.1 Å². The summed E-state index contributed by atoms with van der Waals surface area (Å²) in [6.45, 7) is 3.93. The Balaban J connectivity index is 1.69. The number of ether oxygens (including phenoxy) is 1. The summed E-state index contributed by atoms with van der Waals surface area (Å²) in [4.78, 5) is 39.9. The fourth-order valence-electron chi connectivity index (χ4n) is 3.95. The molecule has 11 heteroatoms. The van der Waals surface area contributed by atoms with Gasteiger partial charge in [0, 0.05) is 6.04 Å². The zero-order valence-electron chi connectivity index (χ0n) is 17.9. The highest BCUT2D eigenvalue weighted by Gasteiger charge is 2.50. The van der Waals surface area contributed by atoms with Crippen molar-refractivity contribution < 1.29 is 27.5 Å². The molecule has 0 saturated carbocycles. The normalized spacial score (nSPS) is 25.0. The largest absolute Gasteiger partial charge is 0.497 e. The lowest BCUT2D eigenvalue weighted by molar-refractivity contribution is -0.139. The molecule has 2 heterocycles. The first-order chi connectivity index (χ1) is 14.6. The van der Waals surface area contributed by atoms with E-state index < -0.39 is 33.2 Å². The van der Waals surface area contributed by atoms with Crippen LogP contribution in [0.5, 0.6) is 5.75 Å². The van der Waals surface area contributed by atoms with Crippen LogP contribution >= 0.6 is 0 Å². The van der Waals surface area contributed by atoms with Gasteiger partial charge in [0.1, 0.15) is 11.3 Å². The zero-order chi connectivity index (χ0) is 22.8. The molecule has 2 fully saturated rings. The Morgan fingerprint density at radius 2 is 2.00 bits per heavy atom. The lowest BCUT2D eigenvalue weighted by Gasteiger charge is -2.27. The van der Waals surface area contributed by atoms with Gasteiger partial charge < -0.3 is 10.1 Å². The third-order valence-electron chi connectivity index (χ3n) is 5.68. The second-order valence-electron chi connectivity index (χ2n) is 7.99. The molecule has 10 nitrogen and oxygen atoms in total. The fraction of sp³-hybridized carbons (Fsp3) is 0.550. The molecule has 0 radical (unpaired) electrons. The highest BCUT2D eigenvalue weighted by atomic mass is 32.2.